The van der Waals surface area contributed by atoms with E-state index >= 15 is 0 Å². The third kappa shape index (κ3) is 6.82. The van der Waals surface area contributed by atoms with Crippen LogP contribution in [0.5, 0.6) is 0 Å². The molecule has 0 spiro atoms. The van der Waals surface area contributed by atoms with Crippen LogP contribution in [0.3, 0.4) is 0 Å². The summed E-state index contributed by atoms with van der Waals surface area (Å²) in [5, 5.41) is 19.1. The summed E-state index contributed by atoms with van der Waals surface area (Å²) in [5.41, 5.74) is 3.37. The molecule has 200 valence electrons. The Balaban J connectivity index is 1.44. The summed E-state index contributed by atoms with van der Waals surface area (Å²) in [6, 6.07) is 21.4. The molecule has 3 aromatic carbocycles. The zero-order valence-electron chi connectivity index (χ0n) is 21.2. The molecule has 10 heteroatoms. The minimum atomic E-state index is -1.18. The van der Waals surface area contributed by atoms with Gasteiger partial charge in [0.05, 0.1) is 11.3 Å². The third-order valence-electron chi connectivity index (χ3n) is 6.05. The highest BCUT2D eigenvalue weighted by molar-refractivity contribution is 6.31. The van der Waals surface area contributed by atoms with Gasteiger partial charge in [-0.3, -0.25) is 10.1 Å². The van der Waals surface area contributed by atoms with E-state index in [0.29, 0.717) is 27.4 Å². The Bertz CT molecular complexity index is 1470. The second-order valence-corrected chi connectivity index (χ2v) is 9.20. The number of carbonyl (C=O) groups is 3. The highest BCUT2D eigenvalue weighted by Crippen LogP contribution is 2.32. The van der Waals surface area contributed by atoms with Crippen LogP contribution in [-0.4, -0.2) is 34.3 Å². The van der Waals surface area contributed by atoms with Crippen LogP contribution in [0.25, 0.3) is 11.1 Å². The number of amides is 2. The van der Waals surface area contributed by atoms with Crippen molar-refractivity contribution in [2.75, 3.05) is 5.32 Å². The van der Waals surface area contributed by atoms with E-state index in [2.05, 4.69) is 15.8 Å². The number of aliphatic carboxylic acids is 1. The number of carbonyl (C=O) groups excluding carboxylic acids is 2. The largest absolute Gasteiger partial charge is 0.480 e. The Morgan fingerprint density at radius 1 is 1.00 bits per heavy atom. The number of rotatable bonds is 9. The second kappa shape index (κ2) is 12.3. The van der Waals surface area contributed by atoms with Crippen molar-refractivity contribution in [2.24, 2.45) is 0 Å². The molecule has 0 bridgehead atoms. The number of hydrogen-bond acceptors (Lipinski definition) is 6. The van der Waals surface area contributed by atoms with Gasteiger partial charge in [0, 0.05) is 17.0 Å². The molecule has 2 unspecified atom stereocenters. The van der Waals surface area contributed by atoms with Gasteiger partial charge < -0.3 is 19.7 Å². The van der Waals surface area contributed by atoms with E-state index in [-0.39, 0.29) is 17.9 Å². The fourth-order valence-electron chi connectivity index (χ4n) is 3.98. The van der Waals surface area contributed by atoms with Gasteiger partial charge in [-0.2, -0.15) is 0 Å². The topological polar surface area (TPSA) is 131 Å². The fourth-order valence-corrected chi connectivity index (χ4v) is 4.20. The summed E-state index contributed by atoms with van der Waals surface area (Å²) >= 11 is 6.15. The van der Waals surface area contributed by atoms with Crippen LogP contribution in [0.15, 0.2) is 83.4 Å². The molecule has 9 nitrogen and oxygen atoms in total. The van der Waals surface area contributed by atoms with E-state index in [9.17, 15) is 19.5 Å². The molecule has 1 heterocycles. The fraction of sp³-hybridized carbons (Fsp3) is 0.172. The summed E-state index contributed by atoms with van der Waals surface area (Å²) in [6.45, 7) is 3.48. The van der Waals surface area contributed by atoms with E-state index in [0.717, 1.165) is 5.56 Å². The number of nitrogens with zero attached hydrogens (tertiary/aromatic N) is 1. The highest BCUT2D eigenvalue weighted by atomic mass is 35.5. The van der Waals surface area contributed by atoms with Gasteiger partial charge in [0.2, 0.25) is 5.88 Å². The number of aryl methyl sites for hydroxylation is 1. The van der Waals surface area contributed by atoms with Crippen LogP contribution >= 0.6 is 11.6 Å². The van der Waals surface area contributed by atoms with Crippen molar-refractivity contribution in [3.8, 4) is 11.1 Å². The molecule has 0 radical (unpaired) electrons. The van der Waals surface area contributed by atoms with E-state index < -0.39 is 30.1 Å². The average molecular weight is 548 g/mol. The number of anilines is 1. The molecule has 3 N–H and O–H groups in total. The van der Waals surface area contributed by atoms with Crippen molar-refractivity contribution in [2.45, 2.75) is 32.4 Å². The first kappa shape index (κ1) is 27.4. The standard InChI is InChI=1S/C29H26ClN3O6/c1-17-25(27(39-33-17)32-29(37)38-18(2)19-8-4-3-5-9-19)20-12-14-21(15-13-20)26(34)31-24(28(35)36)16-22-10-6-7-11-23(22)30/h3-15,18,24H,16H2,1-2H3,(H,31,34)(H,32,37)(H,35,36). The van der Waals surface area contributed by atoms with Crippen LogP contribution in [0, 0.1) is 6.92 Å². The number of carboxylic acids is 1. The van der Waals surface area contributed by atoms with Gasteiger partial charge in [-0.25, -0.2) is 9.59 Å². The van der Waals surface area contributed by atoms with Crippen LogP contribution in [0.4, 0.5) is 10.7 Å². The van der Waals surface area contributed by atoms with Gasteiger partial charge in [-0.05, 0) is 48.7 Å². The lowest BCUT2D eigenvalue weighted by atomic mass is 10.0. The minimum absolute atomic E-state index is 0.0345. The molecule has 0 aliphatic rings. The molecule has 0 saturated carbocycles. The van der Waals surface area contributed by atoms with Crippen molar-refractivity contribution in [3.63, 3.8) is 0 Å². The maximum atomic E-state index is 12.8. The van der Waals surface area contributed by atoms with E-state index in [1.54, 1.807) is 62.4 Å². The SMILES string of the molecule is Cc1noc(NC(=O)OC(C)c2ccccc2)c1-c1ccc(C(=O)NC(Cc2ccccc2Cl)C(=O)O)cc1. The Hall–Kier alpha value is -4.63. The van der Waals surface area contributed by atoms with Crippen molar-refractivity contribution in [3.05, 3.63) is 106 Å². The number of nitrogens with one attached hydrogen (secondary N) is 2. The van der Waals surface area contributed by atoms with Crippen molar-refractivity contribution in [1.82, 2.24) is 10.5 Å². The molecule has 0 aliphatic heterocycles. The average Bonchev–Trinajstić information content (AvgIpc) is 3.29. The van der Waals surface area contributed by atoms with Gasteiger partial charge in [-0.1, -0.05) is 77.4 Å². The summed E-state index contributed by atoms with van der Waals surface area (Å²) < 4.78 is 10.8. The molecular formula is C29H26ClN3O6. The normalized spacial score (nSPS) is 12.3. The predicted molar refractivity (Wildman–Crippen MR) is 146 cm³/mol. The van der Waals surface area contributed by atoms with Gasteiger partial charge in [0.1, 0.15) is 12.1 Å². The lowest BCUT2D eigenvalue weighted by molar-refractivity contribution is -0.139. The second-order valence-electron chi connectivity index (χ2n) is 8.79. The van der Waals surface area contributed by atoms with Gasteiger partial charge in [0.15, 0.2) is 0 Å². The Kier molecular flexibility index (Phi) is 8.63. The van der Waals surface area contributed by atoms with Gasteiger partial charge >= 0.3 is 12.1 Å². The molecule has 2 amide bonds. The Morgan fingerprint density at radius 3 is 2.33 bits per heavy atom. The van der Waals surface area contributed by atoms with Crippen LogP contribution in [0.1, 0.15) is 40.2 Å². The Morgan fingerprint density at radius 2 is 1.67 bits per heavy atom. The summed E-state index contributed by atoms with van der Waals surface area (Å²) in [7, 11) is 0. The zero-order valence-corrected chi connectivity index (χ0v) is 21.9. The molecule has 0 fully saturated rings. The molecule has 2 atom stereocenters. The molecule has 4 rings (SSSR count). The monoisotopic (exact) mass is 547 g/mol. The lowest BCUT2D eigenvalue weighted by Crippen LogP contribution is -2.42. The van der Waals surface area contributed by atoms with Crippen LogP contribution in [-0.2, 0) is 16.0 Å². The molecule has 39 heavy (non-hydrogen) atoms. The predicted octanol–water partition coefficient (Wildman–Crippen LogP) is 6.04. The first-order valence-corrected chi connectivity index (χ1v) is 12.5. The van der Waals surface area contributed by atoms with E-state index in [4.69, 9.17) is 20.9 Å². The molecule has 0 saturated heterocycles. The van der Waals surface area contributed by atoms with E-state index in [1.165, 1.54) is 0 Å². The third-order valence-corrected chi connectivity index (χ3v) is 6.42. The molecule has 0 aliphatic carbocycles. The number of ether oxygens (including phenoxy) is 1. The number of hydrogen-bond donors (Lipinski definition) is 3. The van der Waals surface area contributed by atoms with Crippen molar-refractivity contribution in [1.29, 1.82) is 0 Å². The highest BCUT2D eigenvalue weighted by Gasteiger charge is 2.23. The minimum Gasteiger partial charge on any atom is -0.480 e. The van der Waals surface area contributed by atoms with Crippen LogP contribution in [0.2, 0.25) is 5.02 Å². The maximum Gasteiger partial charge on any atom is 0.414 e. The molecule has 4 aromatic rings. The first-order valence-electron chi connectivity index (χ1n) is 12.1. The maximum absolute atomic E-state index is 12.8. The first-order chi connectivity index (χ1) is 18.7. The molecule has 1 aromatic heterocycles. The summed E-state index contributed by atoms with van der Waals surface area (Å²) in [4.78, 5) is 37.1. The number of benzene rings is 3. The number of carboxylic acid groups (broad SMARTS) is 1. The van der Waals surface area contributed by atoms with Crippen molar-refractivity contribution < 1.29 is 28.8 Å². The Labute approximate surface area is 229 Å². The van der Waals surface area contributed by atoms with E-state index in [1.807, 2.05) is 30.3 Å². The summed E-state index contributed by atoms with van der Waals surface area (Å²) in [6.07, 6.45) is -1.16. The van der Waals surface area contributed by atoms with Gasteiger partial charge in [-0.15, -0.1) is 0 Å². The number of halogens is 1. The summed E-state index contributed by atoms with van der Waals surface area (Å²) in [5.74, 6) is -1.63. The van der Waals surface area contributed by atoms with Crippen molar-refractivity contribution >= 4 is 35.5 Å². The van der Waals surface area contributed by atoms with Gasteiger partial charge in [0.25, 0.3) is 5.91 Å². The quantitative estimate of drug-likeness (QED) is 0.233. The zero-order chi connectivity index (χ0) is 27.9. The molecular weight excluding hydrogens is 522 g/mol. The lowest BCUT2D eigenvalue weighted by Gasteiger charge is -2.16. The van der Waals surface area contributed by atoms with Crippen LogP contribution < -0.4 is 10.6 Å². The smallest absolute Gasteiger partial charge is 0.414 e. The number of aromatic nitrogens is 1.